The number of ether oxygens (including phenoxy) is 1. The van der Waals surface area contributed by atoms with Crippen LogP contribution in [0.5, 0.6) is 5.88 Å². The Hall–Kier alpha value is -1.89. The molecule has 0 aliphatic carbocycles. The summed E-state index contributed by atoms with van der Waals surface area (Å²) in [4.78, 5) is 10.6. The third-order valence-electron chi connectivity index (χ3n) is 2.42. The lowest BCUT2D eigenvalue weighted by Gasteiger charge is -2.03. The minimum atomic E-state index is -0.445. The summed E-state index contributed by atoms with van der Waals surface area (Å²) in [5.74, 6) is 0.722. The lowest BCUT2D eigenvalue weighted by Crippen LogP contribution is -1.94. The molecule has 0 atom stereocenters. The third-order valence-corrected chi connectivity index (χ3v) is 2.93. The molecule has 0 saturated heterocycles. The first-order chi connectivity index (χ1) is 8.69. The quantitative estimate of drug-likeness (QED) is 0.492. The Labute approximate surface area is 111 Å². The van der Waals surface area contributed by atoms with Crippen molar-refractivity contribution in [2.24, 2.45) is 0 Å². The van der Waals surface area contributed by atoms with Gasteiger partial charge in [0, 0.05) is 6.07 Å². The van der Waals surface area contributed by atoms with Crippen molar-refractivity contribution in [3.63, 3.8) is 0 Å². The van der Waals surface area contributed by atoms with Crippen LogP contribution in [0.1, 0.15) is 5.76 Å². The number of benzene rings is 1. The average Bonchev–Trinajstić information content (AvgIpc) is 2.81. The van der Waals surface area contributed by atoms with Crippen LogP contribution in [0.2, 0.25) is 0 Å². The lowest BCUT2D eigenvalue weighted by molar-refractivity contribution is -0.384. The lowest BCUT2D eigenvalue weighted by atomic mass is 10.0. The Balaban J connectivity index is 2.68. The van der Waals surface area contributed by atoms with E-state index in [-0.39, 0.29) is 11.6 Å². The highest BCUT2D eigenvalue weighted by molar-refractivity contribution is 9.08. The smallest absolute Gasteiger partial charge is 0.277 e. The number of aromatic nitrogens is 1. The molecular weight excluding hydrogens is 304 g/mol. The zero-order chi connectivity index (χ0) is 13.1. The highest BCUT2D eigenvalue weighted by Gasteiger charge is 2.24. The summed E-state index contributed by atoms with van der Waals surface area (Å²) in [7, 11) is 1.44. The molecule has 1 aromatic heterocycles. The van der Waals surface area contributed by atoms with E-state index >= 15 is 0 Å². The first-order valence-corrected chi connectivity index (χ1v) is 6.13. The number of halogens is 1. The van der Waals surface area contributed by atoms with Crippen molar-refractivity contribution in [2.45, 2.75) is 5.33 Å². The highest BCUT2D eigenvalue weighted by Crippen LogP contribution is 2.38. The normalized spacial score (nSPS) is 10.3. The van der Waals surface area contributed by atoms with Crippen molar-refractivity contribution in [1.82, 2.24) is 5.16 Å². The molecule has 0 aliphatic rings. The van der Waals surface area contributed by atoms with Gasteiger partial charge in [0.2, 0.25) is 0 Å². The van der Waals surface area contributed by atoms with Crippen LogP contribution in [0.4, 0.5) is 5.69 Å². The van der Waals surface area contributed by atoms with E-state index in [1.807, 2.05) is 0 Å². The minimum Gasteiger partial charge on any atom is -0.478 e. The first kappa shape index (κ1) is 12.6. The number of hydrogen-bond acceptors (Lipinski definition) is 5. The number of rotatable bonds is 4. The van der Waals surface area contributed by atoms with Gasteiger partial charge >= 0.3 is 0 Å². The highest BCUT2D eigenvalue weighted by atomic mass is 79.9. The van der Waals surface area contributed by atoms with Crippen molar-refractivity contribution >= 4 is 21.6 Å². The fourth-order valence-electron chi connectivity index (χ4n) is 1.65. The van der Waals surface area contributed by atoms with Crippen LogP contribution in [0.25, 0.3) is 11.1 Å². The molecule has 6 nitrogen and oxygen atoms in total. The molecule has 94 valence electrons. The monoisotopic (exact) mass is 312 g/mol. The van der Waals surface area contributed by atoms with Crippen molar-refractivity contribution in [1.29, 1.82) is 0 Å². The number of para-hydroxylation sites is 1. The predicted molar refractivity (Wildman–Crippen MR) is 67.8 cm³/mol. The molecule has 0 aliphatic heterocycles. The number of nitro benzene ring substituents is 1. The number of nitrogens with zero attached hydrogens (tertiary/aromatic N) is 2. The molecule has 0 amide bonds. The second kappa shape index (κ2) is 5.18. The van der Waals surface area contributed by atoms with Gasteiger partial charge in [-0.2, -0.15) is 0 Å². The number of alkyl halides is 1. The molecule has 0 bridgehead atoms. The van der Waals surface area contributed by atoms with Crippen LogP contribution in [-0.2, 0) is 5.33 Å². The molecule has 1 aromatic carbocycles. The summed E-state index contributed by atoms with van der Waals surface area (Å²) in [6.07, 6.45) is 0. The van der Waals surface area contributed by atoms with Gasteiger partial charge in [-0.1, -0.05) is 28.1 Å². The largest absolute Gasteiger partial charge is 0.478 e. The predicted octanol–water partition coefficient (Wildman–Crippen LogP) is 3.15. The molecule has 2 rings (SSSR count). The number of nitro groups is 1. The zero-order valence-electron chi connectivity index (χ0n) is 9.42. The summed E-state index contributed by atoms with van der Waals surface area (Å²) < 4.78 is 10.1. The van der Waals surface area contributed by atoms with Gasteiger partial charge in [-0.25, -0.2) is 0 Å². The van der Waals surface area contributed by atoms with Gasteiger partial charge in [0.1, 0.15) is 0 Å². The first-order valence-electron chi connectivity index (χ1n) is 5.01. The van der Waals surface area contributed by atoms with Crippen LogP contribution >= 0.6 is 15.9 Å². The van der Waals surface area contributed by atoms with E-state index in [4.69, 9.17) is 9.26 Å². The standard InChI is InChI=1S/C11H9BrN2O4/c1-17-11-10(9(6-12)18-13-11)7-4-2-3-5-8(7)14(15)16/h2-5H,6H2,1H3. The minimum absolute atomic E-state index is 0.0128. The maximum atomic E-state index is 11.0. The van der Waals surface area contributed by atoms with Gasteiger partial charge in [0.25, 0.3) is 11.6 Å². The van der Waals surface area contributed by atoms with E-state index in [1.165, 1.54) is 13.2 Å². The molecular formula is C11H9BrN2O4. The topological polar surface area (TPSA) is 78.4 Å². The zero-order valence-corrected chi connectivity index (χ0v) is 11.0. The Morgan fingerprint density at radius 3 is 2.83 bits per heavy atom. The summed E-state index contributed by atoms with van der Waals surface area (Å²) in [6, 6.07) is 6.39. The number of methoxy groups -OCH3 is 1. The second-order valence-electron chi connectivity index (χ2n) is 3.40. The van der Waals surface area contributed by atoms with Gasteiger partial charge < -0.3 is 9.26 Å². The fraction of sp³-hybridized carbons (Fsp3) is 0.182. The molecule has 0 unspecified atom stereocenters. The number of hydrogen-bond donors (Lipinski definition) is 0. The van der Waals surface area contributed by atoms with Gasteiger partial charge in [0.15, 0.2) is 5.76 Å². The Bertz CT molecular complexity index is 561. The van der Waals surface area contributed by atoms with Crippen LogP contribution in [-0.4, -0.2) is 17.2 Å². The SMILES string of the molecule is COc1noc(CBr)c1-c1ccccc1[N+](=O)[O-]. The molecule has 0 N–H and O–H groups in total. The van der Waals surface area contributed by atoms with E-state index in [0.29, 0.717) is 22.2 Å². The van der Waals surface area contributed by atoms with Gasteiger partial charge in [-0.15, -0.1) is 0 Å². The van der Waals surface area contributed by atoms with E-state index in [9.17, 15) is 10.1 Å². The van der Waals surface area contributed by atoms with E-state index in [0.717, 1.165) is 0 Å². The molecule has 7 heteroatoms. The van der Waals surface area contributed by atoms with E-state index in [1.54, 1.807) is 18.2 Å². The summed E-state index contributed by atoms with van der Waals surface area (Å²) >= 11 is 3.25. The van der Waals surface area contributed by atoms with Gasteiger partial charge in [-0.05, 0) is 11.2 Å². The summed E-state index contributed by atoms with van der Waals surface area (Å²) in [5, 5.41) is 15.1. The molecule has 1 heterocycles. The Morgan fingerprint density at radius 1 is 1.50 bits per heavy atom. The van der Waals surface area contributed by atoms with Crippen molar-refractivity contribution < 1.29 is 14.2 Å². The van der Waals surface area contributed by atoms with Crippen molar-refractivity contribution in [2.75, 3.05) is 7.11 Å². The van der Waals surface area contributed by atoms with Crippen LogP contribution in [0.3, 0.4) is 0 Å². The Kier molecular flexibility index (Phi) is 3.61. The van der Waals surface area contributed by atoms with E-state index < -0.39 is 4.92 Å². The second-order valence-corrected chi connectivity index (χ2v) is 3.96. The fourth-order valence-corrected chi connectivity index (χ4v) is 2.03. The van der Waals surface area contributed by atoms with Crippen LogP contribution in [0, 0.1) is 10.1 Å². The van der Waals surface area contributed by atoms with Crippen LogP contribution < -0.4 is 4.74 Å². The summed E-state index contributed by atoms with van der Waals surface area (Å²) in [6.45, 7) is 0. The van der Waals surface area contributed by atoms with Crippen molar-refractivity contribution in [3.8, 4) is 17.0 Å². The average molecular weight is 313 g/mol. The van der Waals surface area contributed by atoms with Gasteiger partial charge in [0.05, 0.1) is 28.5 Å². The molecule has 2 aromatic rings. The molecule has 0 radical (unpaired) electrons. The molecule has 0 fully saturated rings. The van der Waals surface area contributed by atoms with Crippen molar-refractivity contribution in [3.05, 3.63) is 40.1 Å². The van der Waals surface area contributed by atoms with E-state index in [2.05, 4.69) is 21.1 Å². The molecule has 18 heavy (non-hydrogen) atoms. The molecule has 0 saturated carbocycles. The Morgan fingerprint density at radius 2 is 2.22 bits per heavy atom. The molecule has 0 spiro atoms. The third kappa shape index (κ3) is 2.08. The summed E-state index contributed by atoms with van der Waals surface area (Å²) in [5.41, 5.74) is 0.915. The maximum Gasteiger partial charge on any atom is 0.277 e. The maximum absolute atomic E-state index is 11.0. The van der Waals surface area contributed by atoms with Crippen LogP contribution in [0.15, 0.2) is 28.8 Å². The van der Waals surface area contributed by atoms with Gasteiger partial charge in [-0.3, -0.25) is 10.1 Å².